The summed E-state index contributed by atoms with van der Waals surface area (Å²) in [7, 11) is 0. The lowest BCUT2D eigenvalue weighted by molar-refractivity contribution is 0.748. The van der Waals surface area contributed by atoms with Gasteiger partial charge in [-0.15, -0.1) is 11.3 Å². The van der Waals surface area contributed by atoms with Crippen molar-refractivity contribution < 1.29 is 0 Å². The lowest BCUT2D eigenvalue weighted by atomic mass is 10.1. The van der Waals surface area contributed by atoms with Crippen LogP contribution in [0.4, 0.5) is 0 Å². The van der Waals surface area contributed by atoms with Crippen LogP contribution in [-0.4, -0.2) is 22.4 Å². The Kier molecular flexibility index (Phi) is 4.15. The molecule has 3 rings (SSSR count). The van der Waals surface area contributed by atoms with E-state index < -0.39 is 0 Å². The van der Waals surface area contributed by atoms with Gasteiger partial charge in [-0.3, -0.25) is 4.99 Å². The molecule has 98 valence electrons. The molecule has 1 saturated heterocycles. The van der Waals surface area contributed by atoms with Crippen LogP contribution in [0.1, 0.15) is 17.3 Å². The van der Waals surface area contributed by atoms with E-state index in [4.69, 9.17) is 0 Å². The number of nitrogens with one attached hydrogen (secondary N) is 1. The summed E-state index contributed by atoms with van der Waals surface area (Å²) in [6, 6.07) is 10.9. The highest BCUT2D eigenvalue weighted by atomic mass is 32.2. The molecule has 1 atom stereocenters. The lowest BCUT2D eigenvalue weighted by Crippen LogP contribution is -2.19. The molecule has 0 spiro atoms. The van der Waals surface area contributed by atoms with Crippen LogP contribution >= 0.6 is 23.1 Å². The molecule has 0 bridgehead atoms. The summed E-state index contributed by atoms with van der Waals surface area (Å²) < 4.78 is 0. The van der Waals surface area contributed by atoms with Crippen LogP contribution in [0.2, 0.25) is 0 Å². The fourth-order valence-corrected chi connectivity index (χ4v) is 3.59. The second-order valence-corrected chi connectivity index (χ2v) is 6.06. The topological polar surface area (TPSA) is 37.3 Å². The van der Waals surface area contributed by atoms with Crippen molar-refractivity contribution in [1.29, 1.82) is 0 Å². The average molecular weight is 289 g/mol. The van der Waals surface area contributed by atoms with Crippen molar-refractivity contribution in [3.05, 3.63) is 52.5 Å². The molecule has 0 radical (unpaired) electrons. The summed E-state index contributed by atoms with van der Waals surface area (Å²) in [6.45, 7) is 0.806. The number of thiazole rings is 1. The highest BCUT2D eigenvalue weighted by Crippen LogP contribution is 2.25. The number of aliphatic imine (C=N–C) groups is 1. The Hall–Kier alpha value is -1.33. The highest BCUT2D eigenvalue weighted by Gasteiger charge is 2.21. The smallest absolute Gasteiger partial charge is 0.157 e. The number of rotatable bonds is 4. The Morgan fingerprint density at radius 2 is 2.21 bits per heavy atom. The molecule has 1 aromatic heterocycles. The average Bonchev–Trinajstić information content (AvgIpc) is 3.11. The van der Waals surface area contributed by atoms with E-state index in [2.05, 4.69) is 51.0 Å². The van der Waals surface area contributed by atoms with Gasteiger partial charge >= 0.3 is 0 Å². The molecule has 1 aliphatic rings. The summed E-state index contributed by atoms with van der Waals surface area (Å²) in [5.74, 6) is 1.06. The standard InChI is InChI=1S/C14H15N3S2/c1-2-4-11(5-3-1)13-9-19-14(17-13)15-7-6-12-8-18-10-16-12/h1-5,8,10,13H,6-7,9H2,(H,15,17). The molecule has 2 aromatic rings. The van der Waals surface area contributed by atoms with Crippen molar-refractivity contribution in [1.82, 2.24) is 10.3 Å². The van der Waals surface area contributed by atoms with Gasteiger partial charge in [-0.05, 0) is 5.56 Å². The van der Waals surface area contributed by atoms with Crippen molar-refractivity contribution in [2.24, 2.45) is 4.99 Å². The molecule has 0 amide bonds. The predicted molar refractivity (Wildman–Crippen MR) is 82.9 cm³/mol. The van der Waals surface area contributed by atoms with E-state index in [1.165, 1.54) is 5.56 Å². The third-order valence-corrected chi connectivity index (χ3v) is 4.65. The maximum absolute atomic E-state index is 4.61. The van der Waals surface area contributed by atoms with E-state index in [-0.39, 0.29) is 0 Å². The van der Waals surface area contributed by atoms with Gasteiger partial charge in [-0.2, -0.15) is 0 Å². The summed E-state index contributed by atoms with van der Waals surface area (Å²) in [6.07, 6.45) is 0.922. The Labute approximate surface area is 121 Å². The van der Waals surface area contributed by atoms with Crippen LogP contribution in [-0.2, 0) is 6.42 Å². The van der Waals surface area contributed by atoms with Gasteiger partial charge in [0.05, 0.1) is 17.2 Å². The first kappa shape index (κ1) is 12.7. The molecule has 1 aliphatic heterocycles. The number of hydrogen-bond donors (Lipinski definition) is 1. The van der Waals surface area contributed by atoms with Crippen molar-refractivity contribution in [2.75, 3.05) is 12.3 Å². The zero-order valence-electron chi connectivity index (χ0n) is 10.5. The first-order valence-electron chi connectivity index (χ1n) is 6.27. The molecular weight excluding hydrogens is 274 g/mol. The van der Waals surface area contributed by atoms with Crippen molar-refractivity contribution >= 4 is 28.3 Å². The maximum atomic E-state index is 4.61. The largest absolute Gasteiger partial charge is 0.357 e. The van der Waals surface area contributed by atoms with Gasteiger partial charge in [0.2, 0.25) is 0 Å². The molecule has 1 aromatic carbocycles. The van der Waals surface area contributed by atoms with Crippen LogP contribution in [0.25, 0.3) is 0 Å². The number of amidine groups is 1. The van der Waals surface area contributed by atoms with E-state index in [9.17, 15) is 0 Å². The van der Waals surface area contributed by atoms with Crippen LogP contribution < -0.4 is 5.32 Å². The molecule has 3 nitrogen and oxygen atoms in total. The molecule has 19 heavy (non-hydrogen) atoms. The molecular formula is C14H15N3S2. The minimum absolute atomic E-state index is 0.393. The quantitative estimate of drug-likeness (QED) is 0.939. The van der Waals surface area contributed by atoms with Crippen LogP contribution in [0, 0.1) is 0 Å². The normalized spacial score (nSPS) is 20.6. The van der Waals surface area contributed by atoms with Gasteiger partial charge in [0.15, 0.2) is 5.17 Å². The molecule has 1 unspecified atom stereocenters. The van der Waals surface area contributed by atoms with E-state index in [0.29, 0.717) is 6.04 Å². The summed E-state index contributed by atoms with van der Waals surface area (Å²) >= 11 is 3.44. The van der Waals surface area contributed by atoms with E-state index in [1.54, 1.807) is 23.1 Å². The second-order valence-electron chi connectivity index (χ2n) is 4.34. The van der Waals surface area contributed by atoms with Gasteiger partial charge in [0.25, 0.3) is 0 Å². The Balaban J connectivity index is 1.54. The van der Waals surface area contributed by atoms with E-state index in [0.717, 1.165) is 29.6 Å². The van der Waals surface area contributed by atoms with E-state index in [1.807, 2.05) is 5.51 Å². The fraction of sp³-hybridized carbons (Fsp3) is 0.286. The third kappa shape index (κ3) is 3.36. The third-order valence-electron chi connectivity index (χ3n) is 2.99. The SMILES string of the molecule is c1ccc(C2CSC(=NCCc3cscn3)N2)cc1. The Morgan fingerprint density at radius 1 is 1.32 bits per heavy atom. The van der Waals surface area contributed by atoms with Crippen LogP contribution in [0.3, 0.4) is 0 Å². The summed E-state index contributed by atoms with van der Waals surface area (Å²) in [4.78, 5) is 8.87. The number of benzene rings is 1. The predicted octanol–water partition coefficient (Wildman–Crippen LogP) is 3.12. The number of thioether (sulfide) groups is 1. The monoisotopic (exact) mass is 289 g/mol. The van der Waals surface area contributed by atoms with Gasteiger partial charge in [-0.1, -0.05) is 42.1 Å². The Bertz CT molecular complexity index is 537. The van der Waals surface area contributed by atoms with Gasteiger partial charge in [0.1, 0.15) is 0 Å². The van der Waals surface area contributed by atoms with Crippen LogP contribution in [0.5, 0.6) is 0 Å². The van der Waals surface area contributed by atoms with Crippen molar-refractivity contribution in [3.63, 3.8) is 0 Å². The van der Waals surface area contributed by atoms with Gasteiger partial charge < -0.3 is 5.32 Å². The molecule has 0 aliphatic carbocycles. The number of nitrogens with zero attached hydrogens (tertiary/aromatic N) is 2. The minimum atomic E-state index is 0.393. The summed E-state index contributed by atoms with van der Waals surface area (Å²) in [5, 5.41) is 6.63. The molecule has 2 heterocycles. The van der Waals surface area contributed by atoms with E-state index >= 15 is 0 Å². The van der Waals surface area contributed by atoms with Crippen LogP contribution in [0.15, 0.2) is 46.2 Å². The maximum Gasteiger partial charge on any atom is 0.157 e. The lowest BCUT2D eigenvalue weighted by Gasteiger charge is -2.09. The molecule has 5 heteroatoms. The van der Waals surface area contributed by atoms with Gasteiger partial charge in [-0.25, -0.2) is 4.98 Å². The fourth-order valence-electron chi connectivity index (χ4n) is 1.98. The number of hydrogen-bond acceptors (Lipinski definition) is 4. The second kappa shape index (κ2) is 6.21. The zero-order valence-corrected chi connectivity index (χ0v) is 12.1. The van der Waals surface area contributed by atoms with Crippen molar-refractivity contribution in [3.8, 4) is 0 Å². The number of aromatic nitrogens is 1. The van der Waals surface area contributed by atoms with Crippen molar-refractivity contribution in [2.45, 2.75) is 12.5 Å². The Morgan fingerprint density at radius 3 is 3.00 bits per heavy atom. The minimum Gasteiger partial charge on any atom is -0.357 e. The summed E-state index contributed by atoms with van der Waals surface area (Å²) in [5.41, 5.74) is 4.34. The molecule has 1 N–H and O–H groups in total. The molecule has 1 fully saturated rings. The zero-order chi connectivity index (χ0) is 12.9. The highest BCUT2D eigenvalue weighted by molar-refractivity contribution is 8.14. The first-order valence-corrected chi connectivity index (χ1v) is 8.20. The molecule has 0 saturated carbocycles. The van der Waals surface area contributed by atoms with Gasteiger partial charge in [0, 0.05) is 24.1 Å². The first-order chi connectivity index (χ1) is 9.42.